The molecule has 1 aromatic carbocycles. The summed E-state index contributed by atoms with van der Waals surface area (Å²) in [5, 5.41) is 0. The van der Waals surface area contributed by atoms with E-state index in [9.17, 15) is 14.4 Å². The zero-order valence-corrected chi connectivity index (χ0v) is 15.5. The van der Waals surface area contributed by atoms with E-state index in [1.165, 1.54) is 0 Å². The molecule has 1 aliphatic heterocycles. The summed E-state index contributed by atoms with van der Waals surface area (Å²) >= 11 is 0. The lowest BCUT2D eigenvalue weighted by Crippen LogP contribution is -2.06. The Balaban J connectivity index is 1.81. The van der Waals surface area contributed by atoms with Gasteiger partial charge in [-0.3, -0.25) is 4.79 Å². The number of carbonyl (C=O) groups is 3. The average Bonchev–Trinajstić information content (AvgIpc) is 2.93. The standard InChI is InChI=1S/C20H26O6/c1-3-14-9-10-15(18-17(14)19(22)26-20(18)23)6-4-7-16(21)8-5-11-25-13-12-24-2/h9-10H,3-8,11-13H2,1-2H3. The van der Waals surface area contributed by atoms with Gasteiger partial charge in [-0.25, -0.2) is 9.59 Å². The first-order valence-corrected chi connectivity index (χ1v) is 9.08. The van der Waals surface area contributed by atoms with Crippen LogP contribution >= 0.6 is 0 Å². The fraction of sp³-hybridized carbons (Fsp3) is 0.550. The molecule has 0 amide bonds. The number of ketones is 1. The molecule has 0 fully saturated rings. The van der Waals surface area contributed by atoms with Crippen LogP contribution in [0.5, 0.6) is 0 Å². The van der Waals surface area contributed by atoms with E-state index in [0.29, 0.717) is 69.5 Å². The monoisotopic (exact) mass is 362 g/mol. The Morgan fingerprint density at radius 2 is 1.62 bits per heavy atom. The van der Waals surface area contributed by atoms with Gasteiger partial charge in [0.1, 0.15) is 5.78 Å². The second-order valence-corrected chi connectivity index (χ2v) is 6.27. The lowest BCUT2D eigenvalue weighted by atomic mass is 9.93. The summed E-state index contributed by atoms with van der Waals surface area (Å²) in [6, 6.07) is 3.73. The van der Waals surface area contributed by atoms with E-state index in [-0.39, 0.29) is 5.78 Å². The third-order valence-electron chi connectivity index (χ3n) is 4.43. The molecule has 6 nitrogen and oxygen atoms in total. The molecule has 6 heteroatoms. The molecule has 142 valence electrons. The van der Waals surface area contributed by atoms with Crippen molar-refractivity contribution in [3.8, 4) is 0 Å². The minimum absolute atomic E-state index is 0.181. The molecular formula is C20H26O6. The van der Waals surface area contributed by atoms with Gasteiger partial charge in [0.2, 0.25) is 0 Å². The number of esters is 2. The molecule has 0 bridgehead atoms. The van der Waals surface area contributed by atoms with Crippen LogP contribution < -0.4 is 0 Å². The van der Waals surface area contributed by atoms with Crippen LogP contribution in [0.1, 0.15) is 64.4 Å². The summed E-state index contributed by atoms with van der Waals surface area (Å²) in [6.07, 6.45) is 3.51. The molecule has 0 aliphatic carbocycles. The number of cyclic esters (lactones) is 2. The van der Waals surface area contributed by atoms with Gasteiger partial charge in [-0.05, 0) is 36.8 Å². The molecule has 0 radical (unpaired) electrons. The number of hydrogen-bond donors (Lipinski definition) is 0. The van der Waals surface area contributed by atoms with Crippen LogP contribution in [0.3, 0.4) is 0 Å². The van der Waals surface area contributed by atoms with E-state index < -0.39 is 11.9 Å². The van der Waals surface area contributed by atoms with Crippen LogP contribution in [0.4, 0.5) is 0 Å². The lowest BCUT2D eigenvalue weighted by Gasteiger charge is -2.08. The summed E-state index contributed by atoms with van der Waals surface area (Å²) in [6.45, 7) is 3.58. The maximum Gasteiger partial charge on any atom is 0.347 e. The highest BCUT2D eigenvalue weighted by Crippen LogP contribution is 2.28. The van der Waals surface area contributed by atoms with Gasteiger partial charge in [0, 0.05) is 26.6 Å². The number of rotatable bonds is 12. The van der Waals surface area contributed by atoms with Crippen molar-refractivity contribution in [2.24, 2.45) is 0 Å². The van der Waals surface area contributed by atoms with Crippen molar-refractivity contribution < 1.29 is 28.6 Å². The minimum atomic E-state index is -0.574. The maximum absolute atomic E-state index is 12.0. The normalized spacial score (nSPS) is 13.0. The topological polar surface area (TPSA) is 78.9 Å². The number of benzene rings is 1. The second-order valence-electron chi connectivity index (χ2n) is 6.27. The highest BCUT2D eigenvalue weighted by Gasteiger charge is 2.34. The number of fused-ring (bicyclic) bond motifs is 1. The van der Waals surface area contributed by atoms with Crippen molar-refractivity contribution in [1.29, 1.82) is 0 Å². The largest absolute Gasteiger partial charge is 0.386 e. The smallest absolute Gasteiger partial charge is 0.347 e. The van der Waals surface area contributed by atoms with Gasteiger partial charge in [0.05, 0.1) is 24.3 Å². The summed E-state index contributed by atoms with van der Waals surface area (Å²) in [5.41, 5.74) is 2.38. The number of methoxy groups -OCH3 is 1. The molecule has 0 spiro atoms. The highest BCUT2D eigenvalue weighted by molar-refractivity contribution is 6.16. The van der Waals surface area contributed by atoms with E-state index in [1.54, 1.807) is 7.11 Å². The van der Waals surface area contributed by atoms with E-state index in [0.717, 1.165) is 11.1 Å². The molecule has 26 heavy (non-hydrogen) atoms. The van der Waals surface area contributed by atoms with Crippen molar-refractivity contribution in [3.63, 3.8) is 0 Å². The van der Waals surface area contributed by atoms with E-state index in [1.807, 2.05) is 19.1 Å². The fourth-order valence-electron chi connectivity index (χ4n) is 3.06. The predicted octanol–water partition coefficient (Wildman–Crippen LogP) is 2.89. The summed E-state index contributed by atoms with van der Waals surface area (Å²) in [5.74, 6) is -0.955. The molecule has 1 aliphatic rings. The van der Waals surface area contributed by atoms with E-state index in [4.69, 9.17) is 14.2 Å². The Hall–Kier alpha value is -2.05. The van der Waals surface area contributed by atoms with Crippen LogP contribution in [0.25, 0.3) is 0 Å². The Labute approximate surface area is 153 Å². The predicted molar refractivity (Wildman–Crippen MR) is 95.4 cm³/mol. The molecule has 0 saturated heterocycles. The molecular weight excluding hydrogens is 336 g/mol. The molecule has 0 saturated carbocycles. The van der Waals surface area contributed by atoms with Crippen molar-refractivity contribution in [1.82, 2.24) is 0 Å². The first-order chi connectivity index (χ1) is 12.6. The molecule has 1 heterocycles. The molecule has 0 atom stereocenters. The SMILES string of the molecule is CCc1ccc(CCCC(=O)CCCOCCOC)c2c1C(=O)OC2=O. The van der Waals surface area contributed by atoms with Gasteiger partial charge in [0.25, 0.3) is 0 Å². The van der Waals surface area contributed by atoms with Crippen LogP contribution in [0.15, 0.2) is 12.1 Å². The van der Waals surface area contributed by atoms with Crippen LogP contribution in [0.2, 0.25) is 0 Å². The number of Topliss-reactive ketones (excluding diaryl/α,β-unsaturated/α-hetero) is 1. The lowest BCUT2D eigenvalue weighted by molar-refractivity contribution is -0.119. The van der Waals surface area contributed by atoms with Crippen LogP contribution in [-0.2, 0) is 31.8 Å². The maximum atomic E-state index is 12.0. The average molecular weight is 362 g/mol. The van der Waals surface area contributed by atoms with Crippen molar-refractivity contribution in [3.05, 3.63) is 34.4 Å². The summed E-state index contributed by atoms with van der Waals surface area (Å²) in [4.78, 5) is 35.8. The first kappa shape index (κ1) is 20.3. The number of hydrogen-bond acceptors (Lipinski definition) is 6. The van der Waals surface area contributed by atoms with Gasteiger partial charge in [-0.1, -0.05) is 19.1 Å². The zero-order chi connectivity index (χ0) is 18.9. The van der Waals surface area contributed by atoms with Crippen LogP contribution in [-0.4, -0.2) is 44.7 Å². The molecule has 0 unspecified atom stereocenters. The molecule has 0 N–H and O–H groups in total. The van der Waals surface area contributed by atoms with E-state index >= 15 is 0 Å². The van der Waals surface area contributed by atoms with Gasteiger partial charge in [-0.15, -0.1) is 0 Å². The Morgan fingerprint density at radius 3 is 2.31 bits per heavy atom. The van der Waals surface area contributed by atoms with Crippen LogP contribution in [0, 0.1) is 0 Å². The number of aryl methyl sites for hydroxylation is 2. The molecule has 2 rings (SSSR count). The number of carbonyl (C=O) groups excluding carboxylic acids is 3. The van der Waals surface area contributed by atoms with E-state index in [2.05, 4.69) is 0 Å². The highest BCUT2D eigenvalue weighted by atomic mass is 16.6. The second kappa shape index (κ2) is 10.2. The van der Waals surface area contributed by atoms with Crippen molar-refractivity contribution in [2.45, 2.75) is 45.4 Å². The first-order valence-electron chi connectivity index (χ1n) is 9.08. The van der Waals surface area contributed by atoms with Gasteiger partial charge in [-0.2, -0.15) is 0 Å². The van der Waals surface area contributed by atoms with Gasteiger partial charge in [0.15, 0.2) is 0 Å². The Morgan fingerprint density at radius 1 is 0.962 bits per heavy atom. The van der Waals surface area contributed by atoms with Gasteiger partial charge >= 0.3 is 11.9 Å². The van der Waals surface area contributed by atoms with Gasteiger partial charge < -0.3 is 14.2 Å². The van der Waals surface area contributed by atoms with Crippen molar-refractivity contribution in [2.75, 3.05) is 26.9 Å². The summed E-state index contributed by atoms with van der Waals surface area (Å²) in [7, 11) is 1.62. The van der Waals surface area contributed by atoms with Crippen molar-refractivity contribution >= 4 is 17.7 Å². The fourth-order valence-corrected chi connectivity index (χ4v) is 3.06. The third-order valence-corrected chi connectivity index (χ3v) is 4.43. The zero-order valence-electron chi connectivity index (χ0n) is 15.5. The molecule has 0 aromatic heterocycles. The summed E-state index contributed by atoms with van der Waals surface area (Å²) < 4.78 is 15.0. The third kappa shape index (κ3) is 5.22. The Kier molecular flexibility index (Phi) is 7.94. The molecule has 1 aromatic rings. The number of ether oxygens (including phenoxy) is 3. The Bertz CT molecular complexity index is 665. The minimum Gasteiger partial charge on any atom is -0.386 e. The quantitative estimate of drug-likeness (QED) is 0.323.